The summed E-state index contributed by atoms with van der Waals surface area (Å²) in [6.07, 6.45) is 3.98. The van der Waals surface area contributed by atoms with Crippen molar-refractivity contribution < 1.29 is 14.8 Å². The number of aromatic hydroxyl groups is 1. The van der Waals surface area contributed by atoms with Gasteiger partial charge in [-0.25, -0.2) is 5.43 Å². The lowest BCUT2D eigenvalue weighted by Gasteiger charge is -2.09. The van der Waals surface area contributed by atoms with Crippen LogP contribution in [0.4, 0.5) is 0 Å². The second-order valence-corrected chi connectivity index (χ2v) is 4.52. The number of hydrogen-bond acceptors (Lipinski definition) is 3. The highest BCUT2D eigenvalue weighted by molar-refractivity contribution is 5.82. The molecule has 1 heterocycles. The number of quaternary nitrogens is 1. The zero-order valence-corrected chi connectivity index (χ0v) is 10.2. The molecule has 5 nitrogen and oxygen atoms in total. The number of rotatable bonds is 4. The van der Waals surface area contributed by atoms with Crippen molar-refractivity contribution in [2.24, 2.45) is 5.10 Å². The molecule has 5 heteroatoms. The molecule has 18 heavy (non-hydrogen) atoms. The highest BCUT2D eigenvalue weighted by atomic mass is 16.3. The van der Waals surface area contributed by atoms with Gasteiger partial charge in [0.15, 0.2) is 6.54 Å². The Hall–Kier alpha value is -1.88. The summed E-state index contributed by atoms with van der Waals surface area (Å²) >= 11 is 0. The Morgan fingerprint density at radius 3 is 2.67 bits per heavy atom. The number of benzene rings is 1. The number of carbonyl (C=O) groups excluding carboxylic acids is 1. The van der Waals surface area contributed by atoms with Gasteiger partial charge in [0, 0.05) is 12.8 Å². The lowest BCUT2D eigenvalue weighted by Crippen LogP contribution is -3.11. The number of nitrogens with zero attached hydrogens (tertiary/aromatic N) is 1. The molecule has 0 aromatic heterocycles. The van der Waals surface area contributed by atoms with Crippen LogP contribution in [0.3, 0.4) is 0 Å². The van der Waals surface area contributed by atoms with E-state index in [-0.39, 0.29) is 11.7 Å². The van der Waals surface area contributed by atoms with E-state index in [0.717, 1.165) is 18.7 Å². The first-order valence-corrected chi connectivity index (χ1v) is 6.18. The number of phenolic OH excluding ortho intramolecular Hbond substituents is 1. The first-order valence-electron chi connectivity index (χ1n) is 6.18. The summed E-state index contributed by atoms with van der Waals surface area (Å²) in [5.74, 6) is 0.163. The van der Waals surface area contributed by atoms with Crippen LogP contribution in [0.1, 0.15) is 18.4 Å². The van der Waals surface area contributed by atoms with Gasteiger partial charge in [0.2, 0.25) is 0 Å². The Morgan fingerprint density at radius 1 is 1.33 bits per heavy atom. The van der Waals surface area contributed by atoms with Crippen molar-refractivity contribution in [2.75, 3.05) is 19.6 Å². The summed E-state index contributed by atoms with van der Waals surface area (Å²) < 4.78 is 0. The van der Waals surface area contributed by atoms with Gasteiger partial charge in [0.25, 0.3) is 5.91 Å². The molecular weight excluding hydrogens is 230 g/mol. The highest BCUT2D eigenvalue weighted by Crippen LogP contribution is 2.07. The Kier molecular flexibility index (Phi) is 4.30. The van der Waals surface area contributed by atoms with Gasteiger partial charge >= 0.3 is 0 Å². The lowest BCUT2D eigenvalue weighted by molar-refractivity contribution is -0.879. The van der Waals surface area contributed by atoms with Gasteiger partial charge in [0.05, 0.1) is 19.3 Å². The van der Waals surface area contributed by atoms with Crippen LogP contribution in [0.5, 0.6) is 5.75 Å². The minimum atomic E-state index is -0.0538. The molecule has 1 aromatic carbocycles. The molecule has 1 aromatic rings. The van der Waals surface area contributed by atoms with Gasteiger partial charge in [-0.05, 0) is 29.8 Å². The summed E-state index contributed by atoms with van der Waals surface area (Å²) in [7, 11) is 0. The molecule has 0 unspecified atom stereocenters. The molecule has 1 amide bonds. The molecule has 1 aliphatic rings. The Balaban J connectivity index is 1.76. The minimum Gasteiger partial charge on any atom is -0.508 e. The molecule has 1 aliphatic heterocycles. The maximum atomic E-state index is 11.6. The van der Waals surface area contributed by atoms with Crippen LogP contribution in [0.2, 0.25) is 0 Å². The number of amides is 1. The normalized spacial score (nSPS) is 16.2. The number of hydrogen-bond donors (Lipinski definition) is 3. The van der Waals surface area contributed by atoms with E-state index in [2.05, 4.69) is 10.5 Å². The van der Waals surface area contributed by atoms with Gasteiger partial charge in [-0.1, -0.05) is 0 Å². The van der Waals surface area contributed by atoms with Crippen LogP contribution in [0.15, 0.2) is 29.4 Å². The lowest BCUT2D eigenvalue weighted by atomic mass is 10.2. The maximum Gasteiger partial charge on any atom is 0.295 e. The van der Waals surface area contributed by atoms with E-state index in [9.17, 15) is 4.79 Å². The summed E-state index contributed by atoms with van der Waals surface area (Å²) in [5, 5.41) is 13.0. The molecule has 0 atom stereocenters. The summed E-state index contributed by atoms with van der Waals surface area (Å²) in [6.45, 7) is 2.65. The summed E-state index contributed by atoms with van der Waals surface area (Å²) in [4.78, 5) is 12.9. The third-order valence-corrected chi connectivity index (χ3v) is 3.02. The average Bonchev–Trinajstić information content (AvgIpc) is 2.84. The summed E-state index contributed by atoms with van der Waals surface area (Å²) in [6, 6.07) is 6.63. The fourth-order valence-corrected chi connectivity index (χ4v) is 2.06. The van der Waals surface area contributed by atoms with Crippen molar-refractivity contribution in [1.29, 1.82) is 0 Å². The van der Waals surface area contributed by atoms with Crippen LogP contribution in [0.25, 0.3) is 0 Å². The van der Waals surface area contributed by atoms with Crippen molar-refractivity contribution in [3.8, 4) is 5.75 Å². The van der Waals surface area contributed by atoms with Crippen molar-refractivity contribution in [2.45, 2.75) is 12.8 Å². The monoisotopic (exact) mass is 248 g/mol. The molecule has 3 N–H and O–H groups in total. The largest absolute Gasteiger partial charge is 0.508 e. The molecule has 2 rings (SSSR count). The molecule has 96 valence electrons. The molecular formula is C13H18N3O2+. The van der Waals surface area contributed by atoms with Crippen molar-refractivity contribution in [1.82, 2.24) is 5.43 Å². The van der Waals surface area contributed by atoms with Crippen LogP contribution in [-0.2, 0) is 4.79 Å². The van der Waals surface area contributed by atoms with Crippen LogP contribution in [-0.4, -0.2) is 36.9 Å². The number of likely N-dealkylation sites (tertiary alicyclic amines) is 1. The quantitative estimate of drug-likeness (QED) is 0.498. The van der Waals surface area contributed by atoms with E-state index in [1.807, 2.05) is 0 Å². The van der Waals surface area contributed by atoms with E-state index in [0.29, 0.717) is 6.54 Å². The first-order chi connectivity index (χ1) is 8.74. The second kappa shape index (κ2) is 6.16. The number of hydrazone groups is 1. The number of nitrogens with one attached hydrogen (secondary N) is 2. The summed E-state index contributed by atoms with van der Waals surface area (Å²) in [5.41, 5.74) is 3.35. The topological polar surface area (TPSA) is 66.1 Å². The van der Waals surface area contributed by atoms with Gasteiger partial charge in [0.1, 0.15) is 5.75 Å². The van der Waals surface area contributed by atoms with Crippen LogP contribution < -0.4 is 10.3 Å². The van der Waals surface area contributed by atoms with Gasteiger partial charge < -0.3 is 10.0 Å². The SMILES string of the molecule is O=C(C[NH+]1CCCC1)N/N=C/c1ccc(O)cc1. The van der Waals surface area contributed by atoms with Crippen molar-refractivity contribution in [3.63, 3.8) is 0 Å². The molecule has 0 spiro atoms. The standard InChI is InChI=1S/C13H17N3O2/c17-12-5-3-11(4-6-12)9-14-15-13(18)10-16-7-1-2-8-16/h3-6,9,17H,1-2,7-8,10H2,(H,15,18)/p+1/b14-9+. The van der Waals surface area contributed by atoms with Gasteiger partial charge in [-0.15, -0.1) is 0 Å². The Labute approximate surface area is 106 Å². The minimum absolute atomic E-state index is 0.0538. The van der Waals surface area contributed by atoms with Gasteiger partial charge in [-0.2, -0.15) is 5.10 Å². The molecule has 0 radical (unpaired) electrons. The predicted octanol–water partition coefficient (Wildman–Crippen LogP) is -0.479. The zero-order chi connectivity index (χ0) is 12.8. The van der Waals surface area contributed by atoms with E-state index >= 15 is 0 Å². The predicted molar refractivity (Wildman–Crippen MR) is 68.6 cm³/mol. The van der Waals surface area contributed by atoms with Gasteiger partial charge in [-0.3, -0.25) is 4.79 Å². The molecule has 1 fully saturated rings. The zero-order valence-electron chi connectivity index (χ0n) is 10.2. The number of phenols is 1. The Bertz CT molecular complexity index is 422. The van der Waals surface area contributed by atoms with E-state index in [1.165, 1.54) is 17.7 Å². The molecule has 0 bridgehead atoms. The third-order valence-electron chi connectivity index (χ3n) is 3.02. The smallest absolute Gasteiger partial charge is 0.295 e. The Morgan fingerprint density at radius 2 is 2.00 bits per heavy atom. The molecule has 0 saturated carbocycles. The van der Waals surface area contributed by atoms with Crippen LogP contribution in [0, 0.1) is 0 Å². The fraction of sp³-hybridized carbons (Fsp3) is 0.385. The number of carbonyl (C=O) groups is 1. The molecule has 0 aliphatic carbocycles. The maximum absolute atomic E-state index is 11.6. The van der Waals surface area contributed by atoms with E-state index in [4.69, 9.17) is 5.11 Å². The fourth-order valence-electron chi connectivity index (χ4n) is 2.06. The van der Waals surface area contributed by atoms with E-state index in [1.54, 1.807) is 30.5 Å². The highest BCUT2D eigenvalue weighted by Gasteiger charge is 2.18. The van der Waals surface area contributed by atoms with Crippen molar-refractivity contribution in [3.05, 3.63) is 29.8 Å². The van der Waals surface area contributed by atoms with E-state index < -0.39 is 0 Å². The van der Waals surface area contributed by atoms with Crippen LogP contribution >= 0.6 is 0 Å². The molecule has 1 saturated heterocycles. The second-order valence-electron chi connectivity index (χ2n) is 4.52. The third kappa shape index (κ3) is 3.85. The average molecular weight is 248 g/mol. The first kappa shape index (κ1) is 12.6. The van der Waals surface area contributed by atoms with Crippen molar-refractivity contribution >= 4 is 12.1 Å².